The van der Waals surface area contributed by atoms with Crippen LogP contribution < -0.4 is 10.6 Å². The molecule has 0 bridgehead atoms. The van der Waals surface area contributed by atoms with Crippen molar-refractivity contribution in [1.29, 1.82) is 0 Å². The number of aromatic nitrogens is 2. The summed E-state index contributed by atoms with van der Waals surface area (Å²) in [5.41, 5.74) is 0. The first kappa shape index (κ1) is 14.7. The zero-order valence-electron chi connectivity index (χ0n) is 11.2. The molecule has 0 aliphatic carbocycles. The second-order valence-electron chi connectivity index (χ2n) is 3.92. The van der Waals surface area contributed by atoms with Crippen molar-refractivity contribution >= 4 is 11.6 Å². The van der Waals surface area contributed by atoms with Crippen LogP contribution in [0.2, 0.25) is 0 Å². The Morgan fingerprint density at radius 2 is 2.06 bits per heavy atom. The number of rotatable bonds is 8. The lowest BCUT2D eigenvalue weighted by molar-refractivity contribution is 0.153. The molecule has 1 aromatic heterocycles. The van der Waals surface area contributed by atoms with E-state index in [0.29, 0.717) is 12.4 Å². The molecule has 0 spiro atoms. The molecule has 102 valence electrons. The molecule has 0 aliphatic rings. The van der Waals surface area contributed by atoms with Crippen LogP contribution in [0.5, 0.6) is 0 Å². The van der Waals surface area contributed by atoms with Gasteiger partial charge in [0.25, 0.3) is 0 Å². The highest BCUT2D eigenvalue weighted by atomic mass is 16.5. The molecule has 0 saturated heterocycles. The van der Waals surface area contributed by atoms with Gasteiger partial charge in [0.05, 0.1) is 19.3 Å². The van der Waals surface area contributed by atoms with Crippen LogP contribution in [0.15, 0.2) is 6.07 Å². The standard InChI is InChI=1S/C12H22N4O2/c1-4-10-15-11(13-5-2)6-12(16-10)14-9(7-17)8-18-3/h6,9,17H,4-5,7-8H2,1-3H3,(H2,13,14,15,16). The van der Waals surface area contributed by atoms with Crippen LogP contribution in [0.1, 0.15) is 19.7 Å². The molecule has 1 atom stereocenters. The first-order chi connectivity index (χ1) is 8.73. The molecule has 6 heteroatoms. The van der Waals surface area contributed by atoms with Crippen molar-refractivity contribution in [3.63, 3.8) is 0 Å². The molecular weight excluding hydrogens is 232 g/mol. The van der Waals surface area contributed by atoms with Crippen molar-refractivity contribution in [3.8, 4) is 0 Å². The van der Waals surface area contributed by atoms with E-state index in [1.807, 2.05) is 19.9 Å². The van der Waals surface area contributed by atoms with Gasteiger partial charge in [0.15, 0.2) is 0 Å². The highest BCUT2D eigenvalue weighted by molar-refractivity contribution is 5.48. The van der Waals surface area contributed by atoms with Crippen LogP contribution in [0.3, 0.4) is 0 Å². The molecular formula is C12H22N4O2. The molecule has 3 N–H and O–H groups in total. The number of hydrogen-bond donors (Lipinski definition) is 3. The van der Waals surface area contributed by atoms with Gasteiger partial charge in [-0.2, -0.15) is 0 Å². The molecule has 0 aromatic carbocycles. The summed E-state index contributed by atoms with van der Waals surface area (Å²) in [4.78, 5) is 8.74. The van der Waals surface area contributed by atoms with Crippen LogP contribution >= 0.6 is 0 Å². The molecule has 0 fully saturated rings. The normalized spacial score (nSPS) is 12.2. The summed E-state index contributed by atoms with van der Waals surface area (Å²) in [7, 11) is 1.60. The molecule has 6 nitrogen and oxygen atoms in total. The fraction of sp³-hybridized carbons (Fsp3) is 0.667. The molecule has 0 saturated carbocycles. The van der Waals surface area contributed by atoms with Gasteiger partial charge in [-0.05, 0) is 6.92 Å². The summed E-state index contributed by atoms with van der Waals surface area (Å²) in [5.74, 6) is 2.26. The van der Waals surface area contributed by atoms with Crippen LogP contribution in [0.25, 0.3) is 0 Å². The molecule has 0 aliphatic heterocycles. The fourth-order valence-electron chi connectivity index (χ4n) is 1.55. The van der Waals surface area contributed by atoms with Crippen molar-refractivity contribution in [2.45, 2.75) is 26.3 Å². The van der Waals surface area contributed by atoms with E-state index in [1.165, 1.54) is 0 Å². The number of nitrogens with zero attached hydrogens (tertiary/aromatic N) is 2. The average Bonchev–Trinajstić information content (AvgIpc) is 2.38. The molecule has 0 amide bonds. The minimum Gasteiger partial charge on any atom is -0.394 e. The monoisotopic (exact) mass is 254 g/mol. The van der Waals surface area contributed by atoms with Crippen LogP contribution in [-0.4, -0.2) is 48.0 Å². The Kier molecular flexibility index (Phi) is 6.38. The van der Waals surface area contributed by atoms with Gasteiger partial charge in [-0.3, -0.25) is 0 Å². The van der Waals surface area contributed by atoms with Gasteiger partial charge in [0.1, 0.15) is 17.5 Å². The summed E-state index contributed by atoms with van der Waals surface area (Å²) in [6.45, 7) is 5.26. The Morgan fingerprint density at radius 1 is 1.33 bits per heavy atom. The summed E-state index contributed by atoms with van der Waals surface area (Å²) in [6.07, 6.45) is 0.766. The van der Waals surface area contributed by atoms with Crippen LogP contribution in [0, 0.1) is 0 Å². The SMILES string of the molecule is CCNc1cc(NC(CO)COC)nc(CC)n1. The van der Waals surface area contributed by atoms with Gasteiger partial charge < -0.3 is 20.5 Å². The zero-order chi connectivity index (χ0) is 13.4. The van der Waals surface area contributed by atoms with E-state index in [-0.39, 0.29) is 12.6 Å². The third-order valence-electron chi connectivity index (χ3n) is 2.39. The lowest BCUT2D eigenvalue weighted by Crippen LogP contribution is -2.29. The largest absolute Gasteiger partial charge is 0.394 e. The van der Waals surface area contributed by atoms with Crippen LogP contribution in [-0.2, 0) is 11.2 Å². The second kappa shape index (κ2) is 7.84. The van der Waals surface area contributed by atoms with Crippen molar-refractivity contribution in [1.82, 2.24) is 9.97 Å². The van der Waals surface area contributed by atoms with Crippen molar-refractivity contribution < 1.29 is 9.84 Å². The third-order valence-corrected chi connectivity index (χ3v) is 2.39. The first-order valence-corrected chi connectivity index (χ1v) is 6.21. The summed E-state index contributed by atoms with van der Waals surface area (Å²) < 4.78 is 5.02. The molecule has 1 rings (SSSR count). The highest BCUT2D eigenvalue weighted by Gasteiger charge is 2.09. The maximum absolute atomic E-state index is 9.22. The number of anilines is 2. The van der Waals surface area contributed by atoms with Gasteiger partial charge in [-0.25, -0.2) is 9.97 Å². The van der Waals surface area contributed by atoms with E-state index >= 15 is 0 Å². The smallest absolute Gasteiger partial charge is 0.132 e. The maximum atomic E-state index is 9.22. The van der Waals surface area contributed by atoms with Gasteiger partial charge in [-0.1, -0.05) is 6.92 Å². The fourth-order valence-corrected chi connectivity index (χ4v) is 1.55. The Bertz CT molecular complexity index is 360. The number of ether oxygens (including phenoxy) is 1. The number of aliphatic hydroxyl groups excluding tert-OH is 1. The van der Waals surface area contributed by atoms with E-state index in [1.54, 1.807) is 7.11 Å². The maximum Gasteiger partial charge on any atom is 0.132 e. The number of aliphatic hydroxyl groups is 1. The zero-order valence-corrected chi connectivity index (χ0v) is 11.2. The van der Waals surface area contributed by atoms with Gasteiger partial charge in [0, 0.05) is 26.1 Å². The predicted octanol–water partition coefficient (Wildman–Crippen LogP) is 0.890. The van der Waals surface area contributed by atoms with Crippen molar-refractivity contribution in [2.75, 3.05) is 37.5 Å². The molecule has 1 unspecified atom stereocenters. The molecule has 1 aromatic rings. The summed E-state index contributed by atoms with van der Waals surface area (Å²) >= 11 is 0. The summed E-state index contributed by atoms with van der Waals surface area (Å²) in [5, 5.41) is 15.5. The Balaban J connectivity index is 2.82. The Hall–Kier alpha value is -1.40. The van der Waals surface area contributed by atoms with Crippen molar-refractivity contribution in [3.05, 3.63) is 11.9 Å². The highest BCUT2D eigenvalue weighted by Crippen LogP contribution is 2.12. The quantitative estimate of drug-likeness (QED) is 0.639. The minimum absolute atomic E-state index is 0.00413. The van der Waals surface area contributed by atoms with E-state index in [9.17, 15) is 5.11 Å². The molecule has 18 heavy (non-hydrogen) atoms. The second-order valence-corrected chi connectivity index (χ2v) is 3.92. The van der Waals surface area contributed by atoms with E-state index < -0.39 is 0 Å². The Morgan fingerprint density at radius 3 is 2.61 bits per heavy atom. The first-order valence-electron chi connectivity index (χ1n) is 6.21. The number of hydrogen-bond acceptors (Lipinski definition) is 6. The van der Waals surface area contributed by atoms with Gasteiger partial charge in [-0.15, -0.1) is 0 Å². The number of nitrogens with one attached hydrogen (secondary N) is 2. The predicted molar refractivity (Wildman–Crippen MR) is 71.9 cm³/mol. The van der Waals surface area contributed by atoms with E-state index in [0.717, 1.165) is 24.6 Å². The lowest BCUT2D eigenvalue weighted by atomic mass is 10.3. The topological polar surface area (TPSA) is 79.3 Å². The van der Waals surface area contributed by atoms with Gasteiger partial charge >= 0.3 is 0 Å². The van der Waals surface area contributed by atoms with E-state index in [2.05, 4.69) is 20.6 Å². The Labute approximate surface area is 108 Å². The average molecular weight is 254 g/mol. The third kappa shape index (κ3) is 4.46. The molecule has 0 radical (unpaired) electrons. The number of methoxy groups -OCH3 is 1. The summed E-state index contributed by atoms with van der Waals surface area (Å²) in [6, 6.07) is 1.67. The molecule has 1 heterocycles. The lowest BCUT2D eigenvalue weighted by Gasteiger charge is -2.17. The minimum atomic E-state index is -0.163. The van der Waals surface area contributed by atoms with Crippen molar-refractivity contribution in [2.24, 2.45) is 0 Å². The number of aryl methyl sites for hydroxylation is 1. The van der Waals surface area contributed by atoms with Gasteiger partial charge in [0.2, 0.25) is 0 Å². The van der Waals surface area contributed by atoms with Crippen LogP contribution in [0.4, 0.5) is 11.6 Å². The van der Waals surface area contributed by atoms with E-state index in [4.69, 9.17) is 4.74 Å².